The number of hydrogen-bond donors (Lipinski definition) is 0. The number of hydrazone groups is 1. The molecule has 0 N–H and O–H groups in total. The number of rotatable bonds is 3. The Hall–Kier alpha value is -3.73. The Bertz CT molecular complexity index is 1130. The third-order valence-electron chi connectivity index (χ3n) is 4.90. The number of furan rings is 1. The van der Waals surface area contributed by atoms with Gasteiger partial charge in [0.05, 0.1) is 6.04 Å². The van der Waals surface area contributed by atoms with Crippen LogP contribution in [0.25, 0.3) is 11.1 Å². The lowest BCUT2D eigenvalue weighted by Crippen LogP contribution is -2.27. The predicted molar refractivity (Wildman–Crippen MR) is 107 cm³/mol. The van der Waals surface area contributed by atoms with E-state index in [4.69, 9.17) is 4.42 Å². The van der Waals surface area contributed by atoms with Gasteiger partial charge in [0.1, 0.15) is 11.2 Å². The first kappa shape index (κ1) is 16.4. The predicted octanol–water partition coefficient (Wildman–Crippen LogP) is 4.82. The molecule has 0 saturated heterocycles. The number of amides is 1. The van der Waals surface area contributed by atoms with Crippen LogP contribution in [0.15, 0.2) is 94.6 Å². The van der Waals surface area contributed by atoms with Gasteiger partial charge in [0, 0.05) is 24.2 Å². The van der Waals surface area contributed by atoms with Crippen LogP contribution in [0.1, 0.15) is 34.1 Å². The third-order valence-corrected chi connectivity index (χ3v) is 4.90. The molecule has 1 aliphatic heterocycles. The molecule has 1 aliphatic rings. The SMILES string of the molecule is O=C(c1ccccc1)N1N=C(c2cc3ncccc3o2)CC1c1ccccc1. The highest BCUT2D eigenvalue weighted by atomic mass is 16.3. The van der Waals surface area contributed by atoms with E-state index in [1.165, 1.54) is 0 Å². The zero-order valence-electron chi connectivity index (χ0n) is 15.0. The molecule has 2 aromatic carbocycles. The largest absolute Gasteiger partial charge is 0.453 e. The summed E-state index contributed by atoms with van der Waals surface area (Å²) in [6.07, 6.45) is 2.32. The molecule has 2 aromatic heterocycles. The molecular formula is C23H17N3O2. The Balaban J connectivity index is 1.56. The first-order valence-corrected chi connectivity index (χ1v) is 9.15. The highest BCUT2D eigenvalue weighted by molar-refractivity contribution is 6.05. The van der Waals surface area contributed by atoms with E-state index in [2.05, 4.69) is 10.1 Å². The van der Waals surface area contributed by atoms with Crippen molar-refractivity contribution in [3.8, 4) is 0 Å². The van der Waals surface area contributed by atoms with Crippen LogP contribution in [0.3, 0.4) is 0 Å². The molecule has 1 amide bonds. The average Bonchev–Trinajstić information content (AvgIpc) is 3.39. The molecule has 4 aromatic rings. The second-order valence-corrected chi connectivity index (χ2v) is 6.69. The summed E-state index contributed by atoms with van der Waals surface area (Å²) in [4.78, 5) is 17.5. The number of hydrogen-bond acceptors (Lipinski definition) is 4. The van der Waals surface area contributed by atoms with E-state index in [9.17, 15) is 4.79 Å². The average molecular weight is 367 g/mol. The summed E-state index contributed by atoms with van der Waals surface area (Å²) in [6, 6.07) is 24.6. The van der Waals surface area contributed by atoms with Crippen LogP contribution in [0.2, 0.25) is 0 Å². The van der Waals surface area contributed by atoms with Crippen LogP contribution in [0.4, 0.5) is 0 Å². The van der Waals surface area contributed by atoms with Crippen molar-refractivity contribution in [3.63, 3.8) is 0 Å². The van der Waals surface area contributed by atoms with Gasteiger partial charge in [-0.15, -0.1) is 0 Å². The molecule has 0 aliphatic carbocycles. The maximum atomic E-state index is 13.2. The summed E-state index contributed by atoms with van der Waals surface area (Å²) >= 11 is 0. The van der Waals surface area contributed by atoms with Crippen LogP contribution in [-0.4, -0.2) is 21.6 Å². The van der Waals surface area contributed by atoms with Gasteiger partial charge in [-0.3, -0.25) is 9.78 Å². The first-order valence-electron chi connectivity index (χ1n) is 9.15. The van der Waals surface area contributed by atoms with Gasteiger partial charge in [0.25, 0.3) is 5.91 Å². The Kier molecular flexibility index (Phi) is 3.98. The minimum absolute atomic E-state index is 0.126. The lowest BCUT2D eigenvalue weighted by atomic mass is 10.0. The van der Waals surface area contributed by atoms with Crippen molar-refractivity contribution in [2.24, 2.45) is 5.10 Å². The van der Waals surface area contributed by atoms with E-state index in [-0.39, 0.29) is 11.9 Å². The fourth-order valence-corrected chi connectivity index (χ4v) is 3.51. The van der Waals surface area contributed by atoms with Gasteiger partial charge in [-0.2, -0.15) is 5.10 Å². The zero-order chi connectivity index (χ0) is 18.9. The molecule has 5 rings (SSSR count). The van der Waals surface area contributed by atoms with Crippen molar-refractivity contribution in [1.29, 1.82) is 0 Å². The molecule has 1 atom stereocenters. The Morgan fingerprint density at radius 2 is 1.71 bits per heavy atom. The quantitative estimate of drug-likeness (QED) is 0.522. The molecule has 136 valence electrons. The van der Waals surface area contributed by atoms with E-state index in [0.29, 0.717) is 23.3 Å². The second kappa shape index (κ2) is 6.78. The van der Waals surface area contributed by atoms with Crippen molar-refractivity contribution in [2.45, 2.75) is 12.5 Å². The molecule has 5 heteroatoms. The number of pyridine rings is 1. The highest BCUT2D eigenvalue weighted by Gasteiger charge is 2.34. The van der Waals surface area contributed by atoms with E-state index in [0.717, 1.165) is 16.8 Å². The second-order valence-electron chi connectivity index (χ2n) is 6.69. The van der Waals surface area contributed by atoms with E-state index in [1.54, 1.807) is 11.2 Å². The Morgan fingerprint density at radius 3 is 2.46 bits per heavy atom. The molecule has 0 fully saturated rings. The van der Waals surface area contributed by atoms with Gasteiger partial charge >= 0.3 is 0 Å². The van der Waals surface area contributed by atoms with Crippen LogP contribution in [0, 0.1) is 0 Å². The van der Waals surface area contributed by atoms with Crippen molar-refractivity contribution in [2.75, 3.05) is 0 Å². The van der Waals surface area contributed by atoms with E-state index < -0.39 is 0 Å². The number of benzene rings is 2. The van der Waals surface area contributed by atoms with Gasteiger partial charge < -0.3 is 4.42 Å². The molecule has 1 unspecified atom stereocenters. The normalized spacial score (nSPS) is 16.4. The van der Waals surface area contributed by atoms with Crippen molar-refractivity contribution < 1.29 is 9.21 Å². The monoisotopic (exact) mass is 367 g/mol. The van der Waals surface area contributed by atoms with E-state index >= 15 is 0 Å². The summed E-state index contributed by atoms with van der Waals surface area (Å²) in [5.41, 5.74) is 3.89. The zero-order valence-corrected chi connectivity index (χ0v) is 15.0. The smallest absolute Gasteiger partial charge is 0.274 e. The molecule has 5 nitrogen and oxygen atoms in total. The third kappa shape index (κ3) is 2.87. The number of nitrogens with zero attached hydrogens (tertiary/aromatic N) is 3. The van der Waals surface area contributed by atoms with Crippen LogP contribution in [0.5, 0.6) is 0 Å². The number of carbonyl (C=O) groups excluding carboxylic acids is 1. The molecule has 0 saturated carbocycles. The first-order chi connectivity index (χ1) is 13.8. The van der Waals surface area contributed by atoms with Gasteiger partial charge in [0.2, 0.25) is 0 Å². The Labute approximate surface area is 161 Å². The van der Waals surface area contributed by atoms with Crippen molar-refractivity contribution in [3.05, 3.63) is 102 Å². The summed E-state index contributed by atoms with van der Waals surface area (Å²) in [7, 11) is 0. The van der Waals surface area contributed by atoms with Gasteiger partial charge in [-0.25, -0.2) is 5.01 Å². The number of fused-ring (bicyclic) bond motifs is 1. The molecule has 0 spiro atoms. The fourth-order valence-electron chi connectivity index (χ4n) is 3.51. The van der Waals surface area contributed by atoms with Crippen molar-refractivity contribution >= 4 is 22.7 Å². The molecular weight excluding hydrogens is 350 g/mol. The van der Waals surface area contributed by atoms with E-state index in [1.807, 2.05) is 78.9 Å². The summed E-state index contributed by atoms with van der Waals surface area (Å²) < 4.78 is 5.94. The van der Waals surface area contributed by atoms with Gasteiger partial charge in [-0.1, -0.05) is 48.5 Å². The summed E-state index contributed by atoms with van der Waals surface area (Å²) in [5.74, 6) is 0.525. The fraction of sp³-hybridized carbons (Fsp3) is 0.0870. The molecule has 0 radical (unpaired) electrons. The number of carbonyl (C=O) groups is 1. The topological polar surface area (TPSA) is 58.7 Å². The standard InChI is InChI=1S/C23H17N3O2/c27-23(17-10-5-2-6-11-17)26-20(16-8-3-1-4-9-16)14-19(25-26)22-15-18-21(28-22)12-7-13-24-18/h1-13,15,20H,14H2. The van der Waals surface area contributed by atoms with Crippen LogP contribution in [-0.2, 0) is 0 Å². The van der Waals surface area contributed by atoms with Gasteiger partial charge in [-0.05, 0) is 29.8 Å². The molecule has 28 heavy (non-hydrogen) atoms. The van der Waals surface area contributed by atoms with Crippen molar-refractivity contribution in [1.82, 2.24) is 9.99 Å². The minimum Gasteiger partial charge on any atom is -0.453 e. The summed E-state index contributed by atoms with van der Waals surface area (Å²) in [6.45, 7) is 0. The van der Waals surface area contributed by atoms with Gasteiger partial charge in [0.15, 0.2) is 11.3 Å². The number of aromatic nitrogens is 1. The molecule has 3 heterocycles. The maximum absolute atomic E-state index is 13.2. The van der Waals surface area contributed by atoms with Crippen LogP contribution >= 0.6 is 0 Å². The maximum Gasteiger partial charge on any atom is 0.274 e. The molecule has 0 bridgehead atoms. The minimum atomic E-state index is -0.176. The lowest BCUT2D eigenvalue weighted by Gasteiger charge is -2.22. The highest BCUT2D eigenvalue weighted by Crippen LogP contribution is 2.34. The lowest BCUT2D eigenvalue weighted by molar-refractivity contribution is 0.0711. The van der Waals surface area contributed by atoms with Crippen LogP contribution < -0.4 is 0 Å². The summed E-state index contributed by atoms with van der Waals surface area (Å²) in [5, 5.41) is 6.24. The Morgan fingerprint density at radius 1 is 0.964 bits per heavy atom.